The number of pyridine rings is 1. The van der Waals surface area contributed by atoms with Crippen molar-refractivity contribution < 1.29 is 4.79 Å². The van der Waals surface area contributed by atoms with E-state index in [1.165, 1.54) is 5.39 Å². The molecule has 3 N–H and O–H groups in total. The molecule has 1 amide bonds. The van der Waals surface area contributed by atoms with Crippen LogP contribution < -0.4 is 5.32 Å². The van der Waals surface area contributed by atoms with E-state index in [4.69, 9.17) is 0 Å². The molecule has 0 aliphatic rings. The molecule has 2 aromatic carbocycles. The van der Waals surface area contributed by atoms with Crippen LogP contribution in [0.3, 0.4) is 0 Å². The van der Waals surface area contributed by atoms with E-state index in [1.54, 1.807) is 0 Å². The number of H-pyrrole nitrogens is 2. The maximum atomic E-state index is 10.7. The first-order valence-electron chi connectivity index (χ1n) is 8.68. The number of hydrogen-bond acceptors (Lipinski definition) is 2. The molecule has 0 saturated heterocycles. The van der Waals surface area contributed by atoms with Gasteiger partial charge in [0.05, 0.1) is 0 Å². The molecule has 27 heavy (non-hydrogen) atoms. The predicted octanol–water partition coefficient (Wildman–Crippen LogP) is 4.95. The highest BCUT2D eigenvalue weighted by Gasteiger charge is 2.11. The first-order chi connectivity index (χ1) is 13.3. The zero-order chi connectivity index (χ0) is 18.2. The highest BCUT2D eigenvalue weighted by atomic mass is 16.1. The Labute approximate surface area is 155 Å². The number of carbonyl (C=O) groups excluding carboxylic acids is 1. The van der Waals surface area contributed by atoms with E-state index in [0.717, 1.165) is 44.6 Å². The number of rotatable bonds is 4. The van der Waals surface area contributed by atoms with E-state index in [1.807, 2.05) is 48.8 Å². The van der Waals surface area contributed by atoms with Gasteiger partial charge in [-0.05, 0) is 35.9 Å². The smallest absolute Gasteiger partial charge is 0.211 e. The van der Waals surface area contributed by atoms with E-state index in [-0.39, 0.29) is 0 Å². The standard InChI is InChI=1S/C22H16N4O/c27-13-25-17-6-3-5-14(8-17)16-9-18-19(12-24-22(18)23-11-16)21-10-15-4-1-2-7-20(15)26-21/h1-13,26H,(H,23,24)(H,25,27). The van der Waals surface area contributed by atoms with Crippen molar-refractivity contribution in [3.63, 3.8) is 0 Å². The van der Waals surface area contributed by atoms with E-state index in [0.29, 0.717) is 6.41 Å². The Kier molecular flexibility index (Phi) is 3.50. The number of anilines is 1. The molecular formula is C22H16N4O. The zero-order valence-corrected chi connectivity index (χ0v) is 14.4. The lowest BCUT2D eigenvalue weighted by molar-refractivity contribution is -0.105. The number of aromatic amines is 2. The first kappa shape index (κ1) is 15.4. The summed E-state index contributed by atoms with van der Waals surface area (Å²) in [6.07, 6.45) is 4.51. The van der Waals surface area contributed by atoms with Crippen LogP contribution in [0.4, 0.5) is 5.69 Å². The molecule has 0 spiro atoms. The molecule has 130 valence electrons. The summed E-state index contributed by atoms with van der Waals surface area (Å²) in [5, 5.41) is 4.92. The number of para-hydroxylation sites is 1. The molecule has 0 bridgehead atoms. The lowest BCUT2D eigenvalue weighted by Gasteiger charge is -2.05. The number of amides is 1. The number of nitrogens with zero attached hydrogens (tertiary/aromatic N) is 1. The van der Waals surface area contributed by atoms with E-state index >= 15 is 0 Å². The topological polar surface area (TPSA) is 73.6 Å². The second-order valence-electron chi connectivity index (χ2n) is 6.44. The van der Waals surface area contributed by atoms with Gasteiger partial charge in [0, 0.05) is 51.2 Å². The Balaban J connectivity index is 1.64. The lowest BCUT2D eigenvalue weighted by atomic mass is 10.0. The van der Waals surface area contributed by atoms with Crippen LogP contribution in [0.1, 0.15) is 0 Å². The van der Waals surface area contributed by atoms with Crippen LogP contribution in [0.15, 0.2) is 73.1 Å². The van der Waals surface area contributed by atoms with Gasteiger partial charge in [-0.3, -0.25) is 4.79 Å². The van der Waals surface area contributed by atoms with Crippen molar-refractivity contribution in [2.45, 2.75) is 0 Å². The molecule has 5 rings (SSSR count). The minimum atomic E-state index is 0.681. The summed E-state index contributed by atoms with van der Waals surface area (Å²) in [5.41, 5.74) is 6.84. The second kappa shape index (κ2) is 6.14. The molecule has 0 aliphatic carbocycles. The molecule has 5 aromatic rings. The number of fused-ring (bicyclic) bond motifs is 2. The average Bonchev–Trinajstić information content (AvgIpc) is 3.31. The summed E-state index contributed by atoms with van der Waals surface area (Å²) in [7, 11) is 0. The summed E-state index contributed by atoms with van der Waals surface area (Å²) >= 11 is 0. The lowest BCUT2D eigenvalue weighted by Crippen LogP contribution is -1.93. The maximum absolute atomic E-state index is 10.7. The highest BCUT2D eigenvalue weighted by molar-refractivity contribution is 5.98. The SMILES string of the molecule is O=CNc1cccc(-c2cnc3[nH]cc(-c4cc5ccccc5[nH]4)c3c2)c1. The molecular weight excluding hydrogens is 336 g/mol. The molecule has 3 aromatic heterocycles. The fraction of sp³-hybridized carbons (Fsp3) is 0. The van der Waals surface area contributed by atoms with Gasteiger partial charge in [-0.2, -0.15) is 0 Å². The van der Waals surface area contributed by atoms with Gasteiger partial charge in [-0.25, -0.2) is 4.98 Å². The third kappa shape index (κ3) is 2.66. The second-order valence-corrected chi connectivity index (χ2v) is 6.44. The Morgan fingerprint density at radius 3 is 2.78 bits per heavy atom. The summed E-state index contributed by atoms with van der Waals surface area (Å²) < 4.78 is 0. The summed E-state index contributed by atoms with van der Waals surface area (Å²) in [4.78, 5) is 22.0. The van der Waals surface area contributed by atoms with E-state index in [2.05, 4.69) is 44.5 Å². The molecule has 5 nitrogen and oxygen atoms in total. The number of nitrogens with one attached hydrogen (secondary N) is 3. The Hall–Kier alpha value is -3.86. The van der Waals surface area contributed by atoms with Gasteiger partial charge >= 0.3 is 0 Å². The number of benzene rings is 2. The molecule has 5 heteroatoms. The van der Waals surface area contributed by atoms with Gasteiger partial charge in [0.15, 0.2) is 0 Å². The van der Waals surface area contributed by atoms with Gasteiger partial charge in [-0.1, -0.05) is 30.3 Å². The number of aromatic nitrogens is 3. The van der Waals surface area contributed by atoms with Crippen molar-refractivity contribution in [3.8, 4) is 22.4 Å². The van der Waals surface area contributed by atoms with E-state index in [9.17, 15) is 4.79 Å². The van der Waals surface area contributed by atoms with Crippen molar-refractivity contribution in [1.29, 1.82) is 0 Å². The maximum Gasteiger partial charge on any atom is 0.211 e. The molecule has 0 saturated carbocycles. The van der Waals surface area contributed by atoms with Crippen LogP contribution in [0.5, 0.6) is 0 Å². The number of carbonyl (C=O) groups is 1. The zero-order valence-electron chi connectivity index (χ0n) is 14.4. The summed E-state index contributed by atoms with van der Waals surface area (Å²) in [6.45, 7) is 0. The summed E-state index contributed by atoms with van der Waals surface area (Å²) in [5.74, 6) is 0. The molecule has 0 fully saturated rings. The van der Waals surface area contributed by atoms with Crippen molar-refractivity contribution >= 4 is 34.0 Å². The quantitative estimate of drug-likeness (QED) is 0.401. The Morgan fingerprint density at radius 2 is 1.89 bits per heavy atom. The fourth-order valence-electron chi connectivity index (χ4n) is 3.46. The third-order valence-corrected chi connectivity index (χ3v) is 4.77. The Morgan fingerprint density at radius 1 is 0.963 bits per heavy atom. The predicted molar refractivity (Wildman–Crippen MR) is 109 cm³/mol. The monoisotopic (exact) mass is 352 g/mol. The molecule has 0 aliphatic heterocycles. The minimum absolute atomic E-state index is 0.681. The minimum Gasteiger partial charge on any atom is -0.354 e. The van der Waals surface area contributed by atoms with Crippen LogP contribution in [0.2, 0.25) is 0 Å². The van der Waals surface area contributed by atoms with Crippen LogP contribution in [-0.2, 0) is 4.79 Å². The molecule has 3 heterocycles. The largest absolute Gasteiger partial charge is 0.354 e. The van der Waals surface area contributed by atoms with Crippen molar-refractivity contribution in [2.75, 3.05) is 5.32 Å². The van der Waals surface area contributed by atoms with Crippen LogP contribution >= 0.6 is 0 Å². The normalized spacial score (nSPS) is 11.1. The van der Waals surface area contributed by atoms with Crippen LogP contribution in [0.25, 0.3) is 44.3 Å². The first-order valence-corrected chi connectivity index (χ1v) is 8.68. The van der Waals surface area contributed by atoms with E-state index < -0.39 is 0 Å². The van der Waals surface area contributed by atoms with Gasteiger partial charge in [0.2, 0.25) is 6.41 Å². The van der Waals surface area contributed by atoms with Gasteiger partial charge in [0.25, 0.3) is 0 Å². The fourth-order valence-corrected chi connectivity index (χ4v) is 3.46. The Bertz CT molecular complexity index is 1250. The third-order valence-electron chi connectivity index (χ3n) is 4.77. The van der Waals surface area contributed by atoms with Gasteiger partial charge in [0.1, 0.15) is 5.65 Å². The average molecular weight is 352 g/mol. The van der Waals surface area contributed by atoms with Gasteiger partial charge in [-0.15, -0.1) is 0 Å². The highest BCUT2D eigenvalue weighted by Crippen LogP contribution is 2.32. The number of hydrogen-bond donors (Lipinski definition) is 3. The molecule has 0 atom stereocenters. The summed E-state index contributed by atoms with van der Waals surface area (Å²) in [6, 6.07) is 20.2. The van der Waals surface area contributed by atoms with Crippen molar-refractivity contribution in [2.24, 2.45) is 0 Å². The van der Waals surface area contributed by atoms with Crippen LogP contribution in [-0.4, -0.2) is 21.4 Å². The van der Waals surface area contributed by atoms with Crippen molar-refractivity contribution in [1.82, 2.24) is 15.0 Å². The van der Waals surface area contributed by atoms with Crippen LogP contribution in [0, 0.1) is 0 Å². The molecule has 0 unspecified atom stereocenters. The van der Waals surface area contributed by atoms with Gasteiger partial charge < -0.3 is 15.3 Å². The molecule has 0 radical (unpaired) electrons. The van der Waals surface area contributed by atoms with Crippen molar-refractivity contribution in [3.05, 3.63) is 73.1 Å².